The van der Waals surface area contributed by atoms with Crippen LogP contribution in [0.5, 0.6) is 0 Å². The van der Waals surface area contributed by atoms with Crippen molar-refractivity contribution in [2.24, 2.45) is 11.8 Å². The van der Waals surface area contributed by atoms with Crippen molar-refractivity contribution in [3.63, 3.8) is 0 Å². The van der Waals surface area contributed by atoms with Gasteiger partial charge in [-0.15, -0.1) is 0 Å². The Hall–Kier alpha value is -2.78. The first-order valence-corrected chi connectivity index (χ1v) is 23.5. The molecular formula is C51H80N4O4. The summed E-state index contributed by atoms with van der Waals surface area (Å²) in [6, 6.07) is 7.31. The predicted molar refractivity (Wildman–Crippen MR) is 245 cm³/mol. The van der Waals surface area contributed by atoms with Crippen LogP contribution in [0, 0.1) is 22.3 Å². The fourth-order valence-corrected chi connectivity index (χ4v) is 11.7. The van der Waals surface area contributed by atoms with Crippen molar-refractivity contribution in [2.45, 2.75) is 213 Å². The van der Waals surface area contributed by atoms with Crippen molar-refractivity contribution < 1.29 is 18.9 Å². The Morgan fingerprint density at radius 1 is 0.576 bits per heavy atom. The molecule has 2 aliphatic carbocycles. The Kier molecular flexibility index (Phi) is 13.0. The number of hydrogen-bond acceptors (Lipinski definition) is 4. The molecule has 2 aliphatic heterocycles. The van der Waals surface area contributed by atoms with Crippen molar-refractivity contribution in [2.75, 3.05) is 23.7 Å². The maximum absolute atomic E-state index is 15.5. The second kappa shape index (κ2) is 16.8. The lowest BCUT2D eigenvalue weighted by Crippen LogP contribution is -2.60. The molecule has 2 heterocycles. The van der Waals surface area contributed by atoms with E-state index in [0.29, 0.717) is 19.3 Å². The average Bonchev–Trinajstić information content (AvgIpc) is 3.91. The van der Waals surface area contributed by atoms with E-state index in [9.17, 15) is 9.59 Å². The summed E-state index contributed by atoms with van der Waals surface area (Å²) in [5.74, 6) is 0.849. The molecule has 0 radical (unpaired) electrons. The number of carbonyl (C=O) groups excluding carboxylic acids is 2. The van der Waals surface area contributed by atoms with Crippen molar-refractivity contribution in [3.8, 4) is 0 Å². The molecule has 0 unspecified atom stereocenters. The fourth-order valence-electron chi connectivity index (χ4n) is 11.7. The molecule has 328 valence electrons. The van der Waals surface area contributed by atoms with E-state index < -0.39 is 21.4 Å². The molecule has 6 rings (SSSR count). The smallest absolute Gasteiger partial charge is 0.283 e. The van der Waals surface area contributed by atoms with Gasteiger partial charge in [-0.2, -0.15) is 0 Å². The number of nitrogens with one attached hydrogen (secondary N) is 2. The van der Waals surface area contributed by atoms with Crippen molar-refractivity contribution in [3.05, 3.63) is 68.1 Å². The van der Waals surface area contributed by atoms with Crippen LogP contribution < -0.4 is 10.6 Å². The molecule has 4 fully saturated rings. The van der Waals surface area contributed by atoms with Crippen LogP contribution >= 0.6 is 0 Å². The molecule has 8 heteroatoms. The van der Waals surface area contributed by atoms with E-state index in [0.717, 1.165) is 72.2 Å². The molecule has 2 N–H and O–H groups in total. The number of hydroxylamine groups is 6. The summed E-state index contributed by atoms with van der Waals surface area (Å²) < 4.78 is -1.10. The topological polar surface area (TPSA) is 104 Å². The van der Waals surface area contributed by atoms with Crippen LogP contribution in [0.25, 0.3) is 0 Å². The molecule has 2 aromatic rings. The quantitative estimate of drug-likeness (QED) is 0.164. The highest BCUT2D eigenvalue weighted by molar-refractivity contribution is 5.97. The molecule has 0 aromatic heterocycles. The summed E-state index contributed by atoms with van der Waals surface area (Å²) in [7, 11) is 0. The van der Waals surface area contributed by atoms with Gasteiger partial charge in [0, 0.05) is 55.3 Å². The number of quaternary nitrogens is 2. The molecule has 4 aliphatic rings. The van der Waals surface area contributed by atoms with Gasteiger partial charge >= 0.3 is 0 Å². The Bertz CT molecular complexity index is 1680. The molecule has 8 nitrogen and oxygen atoms in total. The fraction of sp³-hybridized carbons (Fsp3) is 0.725. The van der Waals surface area contributed by atoms with Gasteiger partial charge in [0.05, 0.1) is 25.2 Å². The largest absolute Gasteiger partial charge is 0.632 e. The summed E-state index contributed by atoms with van der Waals surface area (Å²) in [4.78, 5) is 29.2. The third-order valence-corrected chi connectivity index (χ3v) is 15.2. The number of nitrogens with zero attached hydrogens (tertiary/aromatic N) is 2. The third-order valence-electron chi connectivity index (χ3n) is 15.2. The van der Waals surface area contributed by atoms with Gasteiger partial charge in [-0.1, -0.05) is 121 Å². The third kappa shape index (κ3) is 8.81. The lowest BCUT2D eigenvalue weighted by atomic mass is 9.81. The van der Waals surface area contributed by atoms with E-state index in [2.05, 4.69) is 132 Å². The van der Waals surface area contributed by atoms with E-state index in [1.807, 2.05) is 0 Å². The molecule has 0 bridgehead atoms. The van der Waals surface area contributed by atoms with Crippen LogP contribution in [-0.4, -0.2) is 58.4 Å². The van der Waals surface area contributed by atoms with Gasteiger partial charge < -0.3 is 30.3 Å². The highest BCUT2D eigenvalue weighted by Gasteiger charge is 2.57. The first-order valence-electron chi connectivity index (χ1n) is 23.5. The maximum Gasteiger partial charge on any atom is 0.283 e. The predicted octanol–water partition coefficient (Wildman–Crippen LogP) is 12.3. The van der Waals surface area contributed by atoms with Crippen molar-refractivity contribution in [1.29, 1.82) is 0 Å². The average molecular weight is 813 g/mol. The number of fused-ring (bicyclic) bond motifs is 2. The van der Waals surface area contributed by atoms with E-state index in [4.69, 9.17) is 0 Å². The van der Waals surface area contributed by atoms with E-state index in [1.165, 1.54) is 11.1 Å². The van der Waals surface area contributed by atoms with Gasteiger partial charge in [0.15, 0.2) is 12.1 Å². The highest BCUT2D eigenvalue weighted by Crippen LogP contribution is 2.50. The second-order valence-electron chi connectivity index (χ2n) is 22.7. The second-order valence-corrected chi connectivity index (χ2v) is 22.7. The normalized spacial score (nSPS) is 29.6. The van der Waals surface area contributed by atoms with Crippen LogP contribution in [0.1, 0.15) is 212 Å². The van der Waals surface area contributed by atoms with Gasteiger partial charge in [0.25, 0.3) is 11.8 Å². The van der Waals surface area contributed by atoms with Crippen LogP contribution in [0.15, 0.2) is 24.3 Å². The molecule has 2 saturated carbocycles. The summed E-state index contributed by atoms with van der Waals surface area (Å²) in [5, 5.41) is 37.7. The minimum atomic E-state index is -0.718. The first kappa shape index (κ1) is 45.7. The van der Waals surface area contributed by atoms with Crippen molar-refractivity contribution >= 4 is 23.2 Å². The summed E-state index contributed by atoms with van der Waals surface area (Å²) in [6.45, 7) is 31.2. The van der Waals surface area contributed by atoms with Crippen LogP contribution in [0.4, 0.5) is 11.4 Å². The number of rotatable bonds is 12. The lowest BCUT2D eigenvalue weighted by molar-refractivity contribution is -0.926. The van der Waals surface area contributed by atoms with E-state index in [-0.39, 0.29) is 83.3 Å². The number of amides is 2. The van der Waals surface area contributed by atoms with Gasteiger partial charge in [-0.05, 0) is 93.6 Å². The Balaban J connectivity index is 1.26. The number of hydrogen-bond donors (Lipinski definition) is 2. The minimum Gasteiger partial charge on any atom is -0.632 e. The first-order chi connectivity index (χ1) is 27.4. The van der Waals surface area contributed by atoms with Gasteiger partial charge in [-0.3, -0.25) is 9.59 Å². The van der Waals surface area contributed by atoms with E-state index in [1.54, 1.807) is 0 Å². The molecule has 2 amide bonds. The number of benzene rings is 2. The molecule has 2 aromatic carbocycles. The van der Waals surface area contributed by atoms with Crippen LogP contribution in [-0.2, 0) is 20.4 Å². The van der Waals surface area contributed by atoms with Crippen LogP contribution in [0.2, 0.25) is 0 Å². The molecule has 8 atom stereocenters. The summed E-state index contributed by atoms with van der Waals surface area (Å²) in [5.41, 5.74) is 8.62. The molecular weight excluding hydrogens is 733 g/mol. The lowest BCUT2D eigenvalue weighted by Gasteiger charge is -2.51. The van der Waals surface area contributed by atoms with Crippen molar-refractivity contribution in [1.82, 2.24) is 0 Å². The van der Waals surface area contributed by atoms with Gasteiger partial charge in [-0.25, -0.2) is 0 Å². The monoisotopic (exact) mass is 813 g/mol. The highest BCUT2D eigenvalue weighted by atomic mass is 16.6. The maximum atomic E-state index is 15.5. The molecule has 0 spiro atoms. The zero-order chi connectivity index (χ0) is 43.6. The zero-order valence-corrected chi connectivity index (χ0v) is 39.4. The van der Waals surface area contributed by atoms with Gasteiger partial charge in [0.1, 0.15) is 0 Å². The number of carbonyl (C=O) groups is 2. The minimum absolute atomic E-state index is 0.0412. The Labute approximate surface area is 358 Å². The molecule has 59 heavy (non-hydrogen) atoms. The zero-order valence-electron chi connectivity index (χ0n) is 39.4. The Morgan fingerprint density at radius 3 is 1.15 bits per heavy atom. The summed E-state index contributed by atoms with van der Waals surface area (Å²) >= 11 is 0. The number of anilines is 2. The standard InChI is InChI=1S/C51H80N4O4/c1-30(2)38-26-36(50(9,10)11)27-39(31(3)4)46(38)52-48(56)44-24-34-18-15-20-42(34)54(44,58)22-17-23-55(59)43-21-16-19-35(43)25-45(55)49(57)53-47-40(32(5)6)28-37(51(12,13)14)29-41(47)33(7)8/h26-35,42-45H,15-25H2,1-14H3,(H,52,56)(H,53,57)/t34-,35-,42-,43-,44-,45-,54-,55-/m0/s1. The SMILES string of the molecule is CC(C)c1cc(C(C)(C)C)cc(C(C)C)c1NC(=O)[C@@H]1C[C@@H]2CCC[C@@H]2[N@@+]1([O-])CCC[N@@+]1([O-])[C@H](C(=O)Nc2c(C(C)C)cc(C(C)(C)C)cc2C(C)C)C[C@@H]2CCC[C@@H]21. The van der Waals surface area contributed by atoms with E-state index >= 15 is 10.4 Å². The number of likely N-dealkylation sites (tertiary alicyclic amines) is 2. The molecule has 2 saturated heterocycles. The summed E-state index contributed by atoms with van der Waals surface area (Å²) in [6.07, 6.45) is 7.20. The van der Waals surface area contributed by atoms with Gasteiger partial charge in [0.2, 0.25) is 0 Å². The van der Waals surface area contributed by atoms with Crippen LogP contribution in [0.3, 0.4) is 0 Å². The Morgan fingerprint density at radius 2 is 0.881 bits per heavy atom.